The van der Waals surface area contributed by atoms with Gasteiger partial charge in [-0.25, -0.2) is 4.98 Å². The molecule has 0 spiro atoms. The first-order valence-electron chi connectivity index (χ1n) is 15.8. The van der Waals surface area contributed by atoms with Gasteiger partial charge in [-0.1, -0.05) is 57.9 Å². The summed E-state index contributed by atoms with van der Waals surface area (Å²) in [5.41, 5.74) is 3.65. The van der Waals surface area contributed by atoms with Gasteiger partial charge in [0.2, 0.25) is 17.7 Å². The van der Waals surface area contributed by atoms with Crippen LogP contribution in [0.1, 0.15) is 97.7 Å². The number of carbonyl (C=O) groups is 4. The van der Waals surface area contributed by atoms with Gasteiger partial charge in [0.05, 0.1) is 22.2 Å². The number of unbranched alkanes of at least 4 members (excludes halogenated alkanes) is 3. The lowest BCUT2D eigenvalue weighted by molar-refractivity contribution is -0.155. The summed E-state index contributed by atoms with van der Waals surface area (Å²) in [6.07, 6.45) is 2.80. The number of thiazole rings is 1. The maximum absolute atomic E-state index is 13.8. The van der Waals surface area contributed by atoms with Crippen LogP contribution >= 0.6 is 11.3 Å². The normalized spacial score (nSPS) is 17.6. The largest absolute Gasteiger partial charge is 0.460 e. The molecule has 1 aliphatic rings. The maximum Gasteiger partial charge on any atom is 0.306 e. The third kappa shape index (κ3) is 11.2. The SMILES string of the molecule is Cc1ncsc1-c1ccc(CNC(=O)C2CC(O)CN2C(=O)C(NC(=O)CCCCCCC(=O)OC(C)(C)C)C(C)(C)C)cc1. The third-order valence-electron chi connectivity index (χ3n) is 7.67. The molecule has 3 atom stereocenters. The number of aliphatic hydroxyl groups is 1. The van der Waals surface area contributed by atoms with E-state index in [0.717, 1.165) is 34.5 Å². The van der Waals surface area contributed by atoms with Crippen molar-refractivity contribution in [1.82, 2.24) is 20.5 Å². The quantitative estimate of drug-likeness (QED) is 0.209. The van der Waals surface area contributed by atoms with Crippen molar-refractivity contribution >= 4 is 35.0 Å². The zero-order chi connectivity index (χ0) is 33.4. The first-order chi connectivity index (χ1) is 21.0. The molecule has 3 amide bonds. The number of rotatable bonds is 13. The topological polar surface area (TPSA) is 138 Å². The predicted molar refractivity (Wildman–Crippen MR) is 175 cm³/mol. The second-order valence-electron chi connectivity index (χ2n) is 13.9. The lowest BCUT2D eigenvalue weighted by Gasteiger charge is -2.35. The van der Waals surface area contributed by atoms with Crippen molar-refractivity contribution in [1.29, 1.82) is 0 Å². The smallest absolute Gasteiger partial charge is 0.306 e. The summed E-state index contributed by atoms with van der Waals surface area (Å²) in [6.45, 7) is 13.4. The van der Waals surface area contributed by atoms with E-state index < -0.39 is 29.2 Å². The molecule has 248 valence electrons. The molecular weight excluding hydrogens is 592 g/mol. The van der Waals surface area contributed by atoms with Gasteiger partial charge in [-0.05, 0) is 57.1 Å². The van der Waals surface area contributed by atoms with Gasteiger partial charge in [0.25, 0.3) is 0 Å². The van der Waals surface area contributed by atoms with Crippen LogP contribution in [-0.4, -0.2) is 69.0 Å². The van der Waals surface area contributed by atoms with Gasteiger partial charge in [-0.15, -0.1) is 11.3 Å². The van der Waals surface area contributed by atoms with Crippen LogP contribution in [0.25, 0.3) is 10.4 Å². The summed E-state index contributed by atoms with van der Waals surface area (Å²) in [4.78, 5) is 58.6. The molecule has 0 radical (unpaired) electrons. The van der Waals surface area contributed by atoms with Crippen molar-refractivity contribution in [2.75, 3.05) is 6.54 Å². The highest BCUT2D eigenvalue weighted by atomic mass is 32.1. The third-order valence-corrected chi connectivity index (χ3v) is 8.64. The van der Waals surface area contributed by atoms with Crippen LogP contribution < -0.4 is 10.6 Å². The number of likely N-dealkylation sites (tertiary alicyclic amines) is 1. The van der Waals surface area contributed by atoms with E-state index in [1.165, 1.54) is 4.90 Å². The molecule has 10 nitrogen and oxygen atoms in total. The second kappa shape index (κ2) is 15.8. The van der Waals surface area contributed by atoms with Gasteiger partial charge in [-0.3, -0.25) is 19.2 Å². The van der Waals surface area contributed by atoms with Crippen molar-refractivity contribution in [3.05, 3.63) is 41.0 Å². The minimum Gasteiger partial charge on any atom is -0.460 e. The highest BCUT2D eigenvalue weighted by Gasteiger charge is 2.44. The van der Waals surface area contributed by atoms with E-state index in [-0.39, 0.29) is 49.6 Å². The molecule has 0 saturated carbocycles. The number of carbonyl (C=O) groups excluding carboxylic acids is 4. The Morgan fingerprint density at radius 2 is 1.67 bits per heavy atom. The number of benzene rings is 1. The molecule has 2 aromatic rings. The van der Waals surface area contributed by atoms with Crippen LogP contribution in [0.2, 0.25) is 0 Å². The number of aryl methyl sites for hydroxylation is 1. The Morgan fingerprint density at radius 1 is 1.02 bits per heavy atom. The number of amides is 3. The molecule has 1 fully saturated rings. The number of hydrogen-bond acceptors (Lipinski definition) is 8. The fourth-order valence-electron chi connectivity index (χ4n) is 5.31. The molecule has 1 aromatic heterocycles. The monoisotopic (exact) mass is 642 g/mol. The molecule has 0 aliphatic carbocycles. The van der Waals surface area contributed by atoms with Crippen LogP contribution in [-0.2, 0) is 30.5 Å². The molecule has 3 unspecified atom stereocenters. The molecule has 11 heteroatoms. The van der Waals surface area contributed by atoms with Crippen LogP contribution in [0.4, 0.5) is 0 Å². The first kappa shape index (κ1) is 36.2. The molecule has 3 rings (SSSR count). The minimum absolute atomic E-state index is 0.0277. The fraction of sp³-hybridized carbons (Fsp3) is 0.618. The van der Waals surface area contributed by atoms with E-state index in [1.54, 1.807) is 11.3 Å². The van der Waals surface area contributed by atoms with Crippen molar-refractivity contribution in [3.63, 3.8) is 0 Å². The number of aliphatic hydroxyl groups excluding tert-OH is 1. The van der Waals surface area contributed by atoms with Crippen molar-refractivity contribution in [2.45, 2.75) is 124 Å². The molecule has 1 aromatic carbocycles. The number of nitrogens with zero attached hydrogens (tertiary/aromatic N) is 2. The molecule has 3 N–H and O–H groups in total. The number of aromatic nitrogens is 1. The Kier molecular flexibility index (Phi) is 12.7. The van der Waals surface area contributed by atoms with Gasteiger partial charge in [0.15, 0.2) is 0 Å². The molecular formula is C34H50N4O6S. The predicted octanol–water partition coefficient (Wildman–Crippen LogP) is 4.91. The van der Waals surface area contributed by atoms with E-state index in [9.17, 15) is 24.3 Å². The van der Waals surface area contributed by atoms with Crippen LogP contribution in [0.5, 0.6) is 0 Å². The van der Waals surface area contributed by atoms with Gasteiger partial charge in [0.1, 0.15) is 17.7 Å². The Labute approximate surface area is 271 Å². The summed E-state index contributed by atoms with van der Waals surface area (Å²) < 4.78 is 5.32. The summed E-state index contributed by atoms with van der Waals surface area (Å²) in [6, 6.07) is 6.20. The van der Waals surface area contributed by atoms with Crippen molar-refractivity contribution < 1.29 is 29.0 Å². The summed E-state index contributed by atoms with van der Waals surface area (Å²) in [7, 11) is 0. The Morgan fingerprint density at radius 3 is 2.24 bits per heavy atom. The Balaban J connectivity index is 1.51. The summed E-state index contributed by atoms with van der Waals surface area (Å²) in [5.74, 6) is -1.18. The lowest BCUT2D eigenvalue weighted by atomic mass is 9.85. The van der Waals surface area contributed by atoms with Crippen molar-refractivity contribution in [2.24, 2.45) is 5.41 Å². The van der Waals surface area contributed by atoms with Gasteiger partial charge < -0.3 is 25.4 Å². The van der Waals surface area contributed by atoms with Gasteiger partial charge in [0, 0.05) is 32.4 Å². The lowest BCUT2D eigenvalue weighted by Crippen LogP contribution is -2.57. The number of hydrogen-bond donors (Lipinski definition) is 3. The number of ether oxygens (including phenoxy) is 1. The van der Waals surface area contributed by atoms with Gasteiger partial charge in [-0.2, -0.15) is 0 Å². The van der Waals surface area contributed by atoms with Gasteiger partial charge >= 0.3 is 5.97 Å². The summed E-state index contributed by atoms with van der Waals surface area (Å²) in [5, 5.41) is 16.3. The molecule has 1 aliphatic heterocycles. The average Bonchev–Trinajstić information content (AvgIpc) is 3.56. The van der Waals surface area contributed by atoms with E-state index in [0.29, 0.717) is 19.3 Å². The van der Waals surface area contributed by atoms with Crippen molar-refractivity contribution in [3.8, 4) is 10.4 Å². The zero-order valence-electron chi connectivity index (χ0n) is 27.8. The minimum atomic E-state index is -0.861. The Hall–Kier alpha value is -3.31. The van der Waals surface area contributed by atoms with Crippen LogP contribution in [0, 0.1) is 12.3 Å². The highest BCUT2D eigenvalue weighted by molar-refractivity contribution is 7.13. The Bertz CT molecular complexity index is 1310. The van der Waals surface area contributed by atoms with E-state index in [4.69, 9.17) is 4.74 Å². The first-order valence-corrected chi connectivity index (χ1v) is 16.7. The number of β-amino-alcohol motifs (C(OH)–C–C–N with tert-alkyl or cyclic N) is 1. The van der Waals surface area contributed by atoms with Crippen LogP contribution in [0.3, 0.4) is 0 Å². The fourth-order valence-corrected chi connectivity index (χ4v) is 6.13. The van der Waals surface area contributed by atoms with E-state index >= 15 is 0 Å². The highest BCUT2D eigenvalue weighted by Crippen LogP contribution is 2.28. The second-order valence-corrected chi connectivity index (χ2v) is 14.8. The van der Waals surface area contributed by atoms with E-state index in [2.05, 4.69) is 15.6 Å². The number of esters is 1. The zero-order valence-corrected chi connectivity index (χ0v) is 28.6. The summed E-state index contributed by atoms with van der Waals surface area (Å²) >= 11 is 1.58. The molecule has 45 heavy (non-hydrogen) atoms. The molecule has 2 heterocycles. The van der Waals surface area contributed by atoms with E-state index in [1.807, 2.05) is 78.2 Å². The number of nitrogens with one attached hydrogen (secondary N) is 2. The molecule has 0 bridgehead atoms. The molecule has 1 saturated heterocycles. The standard InChI is InChI=1S/C34H50N4O6S/c1-22-29(45-21-36-22)24-16-14-23(15-17-24)19-35-31(42)26-18-25(39)20-38(26)32(43)30(33(2,3)4)37-27(40)12-10-8-9-11-13-28(41)44-34(5,6)7/h14-17,21,25-26,30,39H,8-13,18-20H2,1-7H3,(H,35,42)(H,37,40). The van der Waals surface area contributed by atoms with Crippen LogP contribution in [0.15, 0.2) is 29.8 Å². The average molecular weight is 643 g/mol. The maximum atomic E-state index is 13.8.